The zero-order chi connectivity index (χ0) is 17.4. The summed E-state index contributed by atoms with van der Waals surface area (Å²) in [6.07, 6.45) is 0.00824. The number of ether oxygens (including phenoxy) is 1. The lowest BCUT2D eigenvalue weighted by atomic mass is 9.79. The maximum atomic E-state index is 6.08. The van der Waals surface area contributed by atoms with E-state index in [2.05, 4.69) is 46.8 Å². The maximum Gasteiger partial charge on any atom is 0.494 e. The van der Waals surface area contributed by atoms with E-state index in [1.165, 1.54) is 0 Å². The van der Waals surface area contributed by atoms with E-state index >= 15 is 0 Å². The van der Waals surface area contributed by atoms with Gasteiger partial charge < -0.3 is 14.0 Å². The monoisotopic (exact) mass is 324 g/mol. The van der Waals surface area contributed by atoms with Crippen molar-refractivity contribution in [2.75, 3.05) is 0 Å². The molecule has 1 fully saturated rings. The van der Waals surface area contributed by atoms with Gasteiger partial charge in [0.2, 0.25) is 0 Å². The van der Waals surface area contributed by atoms with Crippen LogP contribution in [0.4, 0.5) is 0 Å². The van der Waals surface area contributed by atoms with Gasteiger partial charge >= 0.3 is 7.12 Å². The molecule has 2 aromatic rings. The molecule has 1 heterocycles. The van der Waals surface area contributed by atoms with Crippen LogP contribution >= 0.6 is 0 Å². The summed E-state index contributed by atoms with van der Waals surface area (Å²) in [5.41, 5.74) is 1.52. The third kappa shape index (κ3) is 3.35. The average Bonchev–Trinajstić information content (AvgIpc) is 2.77. The molecule has 1 saturated heterocycles. The molecule has 0 N–H and O–H groups in total. The first kappa shape index (κ1) is 17.1. The molecule has 2 aromatic carbocycles. The van der Waals surface area contributed by atoms with Gasteiger partial charge in [0.25, 0.3) is 0 Å². The second-order valence-corrected chi connectivity index (χ2v) is 7.33. The number of hydrogen-bond donors (Lipinski definition) is 0. The van der Waals surface area contributed by atoms with Crippen molar-refractivity contribution < 1.29 is 14.0 Å². The van der Waals surface area contributed by atoms with Gasteiger partial charge in [0.15, 0.2) is 0 Å². The molecule has 0 aliphatic carbocycles. The Bertz CT molecular complexity index is 664. The van der Waals surface area contributed by atoms with Gasteiger partial charge in [0.05, 0.1) is 11.2 Å². The molecule has 126 valence electrons. The highest BCUT2D eigenvalue weighted by atomic mass is 16.7. The molecule has 1 unspecified atom stereocenters. The van der Waals surface area contributed by atoms with Gasteiger partial charge in [-0.25, -0.2) is 0 Å². The molecule has 1 atom stereocenters. The summed E-state index contributed by atoms with van der Waals surface area (Å²) in [6, 6.07) is 18.2. The summed E-state index contributed by atoms with van der Waals surface area (Å²) >= 11 is 0. The van der Waals surface area contributed by atoms with Crippen LogP contribution in [0.25, 0.3) is 0 Å². The van der Waals surface area contributed by atoms with E-state index in [1.54, 1.807) is 0 Å². The molecule has 0 saturated carbocycles. The summed E-state index contributed by atoms with van der Waals surface area (Å²) in [4.78, 5) is 0. The summed E-state index contributed by atoms with van der Waals surface area (Å²) in [7, 11) is -0.337. The Morgan fingerprint density at radius 2 is 1.38 bits per heavy atom. The zero-order valence-corrected chi connectivity index (χ0v) is 15.1. The summed E-state index contributed by atoms with van der Waals surface area (Å²) in [5, 5.41) is 0. The van der Waals surface area contributed by atoms with Gasteiger partial charge in [-0.3, -0.25) is 0 Å². The number of hydrogen-bond acceptors (Lipinski definition) is 3. The molecule has 4 heteroatoms. The molecular formula is C20H25BO3. The van der Waals surface area contributed by atoms with Crippen LogP contribution < -0.4 is 10.2 Å². The van der Waals surface area contributed by atoms with E-state index in [-0.39, 0.29) is 24.4 Å². The van der Waals surface area contributed by atoms with Gasteiger partial charge in [-0.1, -0.05) is 42.5 Å². The van der Waals surface area contributed by atoms with E-state index in [1.807, 2.05) is 42.5 Å². The second-order valence-electron chi connectivity index (χ2n) is 7.33. The molecule has 0 bridgehead atoms. The Morgan fingerprint density at radius 3 is 1.92 bits per heavy atom. The first-order chi connectivity index (χ1) is 11.3. The first-order valence-electron chi connectivity index (χ1n) is 8.46. The smallest absolute Gasteiger partial charge is 0.486 e. The molecular weight excluding hydrogens is 299 g/mol. The Kier molecular flexibility index (Phi) is 4.45. The van der Waals surface area contributed by atoms with Crippen molar-refractivity contribution >= 4 is 12.6 Å². The maximum absolute atomic E-state index is 6.08. The fourth-order valence-electron chi connectivity index (χ4n) is 2.68. The van der Waals surface area contributed by atoms with Crippen LogP contribution in [0.2, 0.25) is 0 Å². The van der Waals surface area contributed by atoms with E-state index in [0.29, 0.717) is 0 Å². The van der Waals surface area contributed by atoms with E-state index in [0.717, 1.165) is 16.8 Å². The van der Waals surface area contributed by atoms with Gasteiger partial charge in [-0.15, -0.1) is 0 Å². The summed E-state index contributed by atoms with van der Waals surface area (Å²) in [5.74, 6) is 0.839. The lowest BCUT2D eigenvalue weighted by Crippen LogP contribution is -2.41. The Balaban J connectivity index is 1.68. The van der Waals surface area contributed by atoms with E-state index in [4.69, 9.17) is 14.0 Å². The molecule has 3 rings (SSSR count). The van der Waals surface area contributed by atoms with Crippen LogP contribution in [-0.4, -0.2) is 18.3 Å². The SMILES string of the molecule is CC(Oc1ccc(B2OC(C)(C)C(C)(C)O2)cc1)c1ccccc1. The Labute approximate surface area is 145 Å². The number of benzene rings is 2. The second kappa shape index (κ2) is 6.27. The van der Waals surface area contributed by atoms with Crippen molar-refractivity contribution in [3.05, 3.63) is 60.2 Å². The summed E-state index contributed by atoms with van der Waals surface area (Å²) < 4.78 is 18.2. The van der Waals surface area contributed by atoms with Gasteiger partial charge in [0, 0.05) is 0 Å². The topological polar surface area (TPSA) is 27.7 Å². The molecule has 0 aromatic heterocycles. The normalized spacial score (nSPS) is 20.0. The minimum Gasteiger partial charge on any atom is -0.486 e. The largest absolute Gasteiger partial charge is 0.494 e. The van der Waals surface area contributed by atoms with Gasteiger partial charge in [-0.05, 0) is 57.8 Å². The molecule has 0 radical (unpaired) electrons. The van der Waals surface area contributed by atoms with Crippen LogP contribution in [0.15, 0.2) is 54.6 Å². The van der Waals surface area contributed by atoms with Crippen LogP contribution in [0.5, 0.6) is 5.75 Å². The van der Waals surface area contributed by atoms with Crippen molar-refractivity contribution in [1.29, 1.82) is 0 Å². The van der Waals surface area contributed by atoms with E-state index < -0.39 is 0 Å². The fraction of sp³-hybridized carbons (Fsp3) is 0.400. The highest BCUT2D eigenvalue weighted by molar-refractivity contribution is 6.62. The van der Waals surface area contributed by atoms with Gasteiger partial charge in [-0.2, -0.15) is 0 Å². The van der Waals surface area contributed by atoms with Crippen molar-refractivity contribution in [2.24, 2.45) is 0 Å². The molecule has 24 heavy (non-hydrogen) atoms. The van der Waals surface area contributed by atoms with E-state index in [9.17, 15) is 0 Å². The molecule has 0 amide bonds. The molecule has 1 aliphatic rings. The summed E-state index contributed by atoms with van der Waals surface area (Å²) in [6.45, 7) is 10.3. The van der Waals surface area contributed by atoms with Crippen LogP contribution in [0.3, 0.4) is 0 Å². The van der Waals surface area contributed by atoms with Crippen molar-refractivity contribution in [1.82, 2.24) is 0 Å². The zero-order valence-electron chi connectivity index (χ0n) is 15.1. The Hall–Kier alpha value is -1.78. The lowest BCUT2D eigenvalue weighted by molar-refractivity contribution is 0.00578. The van der Waals surface area contributed by atoms with Crippen LogP contribution in [0.1, 0.15) is 46.3 Å². The molecule has 1 aliphatic heterocycles. The van der Waals surface area contributed by atoms with Gasteiger partial charge in [0.1, 0.15) is 11.9 Å². The fourth-order valence-corrected chi connectivity index (χ4v) is 2.68. The highest BCUT2D eigenvalue weighted by Gasteiger charge is 2.51. The van der Waals surface area contributed by atoms with Crippen LogP contribution in [-0.2, 0) is 9.31 Å². The minimum atomic E-state index is -0.337. The third-order valence-electron chi connectivity index (χ3n) is 4.99. The quantitative estimate of drug-likeness (QED) is 0.792. The third-order valence-corrected chi connectivity index (χ3v) is 4.99. The highest BCUT2D eigenvalue weighted by Crippen LogP contribution is 2.36. The molecule has 0 spiro atoms. The van der Waals surface area contributed by atoms with Crippen molar-refractivity contribution in [2.45, 2.75) is 51.9 Å². The predicted molar refractivity (Wildman–Crippen MR) is 97.6 cm³/mol. The number of rotatable bonds is 4. The first-order valence-corrected chi connectivity index (χ1v) is 8.46. The predicted octanol–water partition coefficient (Wildman–Crippen LogP) is 4.13. The Morgan fingerprint density at radius 1 is 0.833 bits per heavy atom. The standard InChI is InChI=1S/C20H25BO3/c1-15(16-9-7-6-8-10-16)22-18-13-11-17(12-14-18)21-23-19(2,3)20(4,5)24-21/h6-15H,1-5H3. The minimum absolute atomic E-state index is 0.00824. The van der Waals surface area contributed by atoms with Crippen molar-refractivity contribution in [3.63, 3.8) is 0 Å². The van der Waals surface area contributed by atoms with Crippen LogP contribution in [0, 0.1) is 0 Å². The lowest BCUT2D eigenvalue weighted by Gasteiger charge is -2.32. The average molecular weight is 324 g/mol. The molecule has 3 nitrogen and oxygen atoms in total. The van der Waals surface area contributed by atoms with Crippen molar-refractivity contribution in [3.8, 4) is 5.75 Å².